The molecule has 23 heavy (non-hydrogen) atoms. The SMILES string of the molecule is CCOC(=O)c1c(C(F)(F)F)[nH]c2ccc(C(C)C)cc2c1=O. The van der Waals surface area contributed by atoms with Crippen molar-refractivity contribution in [3.8, 4) is 0 Å². The van der Waals surface area contributed by atoms with Crippen LogP contribution in [-0.4, -0.2) is 17.6 Å². The van der Waals surface area contributed by atoms with Crippen LogP contribution in [0.25, 0.3) is 10.9 Å². The first-order valence-electron chi connectivity index (χ1n) is 7.11. The molecule has 0 amide bonds. The number of carbonyl (C=O) groups is 1. The molecule has 0 aliphatic carbocycles. The number of aromatic amines is 1. The first-order chi connectivity index (χ1) is 10.7. The van der Waals surface area contributed by atoms with E-state index in [1.54, 1.807) is 6.07 Å². The number of fused-ring (bicyclic) bond motifs is 1. The number of nitrogens with one attached hydrogen (secondary N) is 1. The van der Waals surface area contributed by atoms with Gasteiger partial charge in [-0.25, -0.2) is 4.79 Å². The first-order valence-corrected chi connectivity index (χ1v) is 7.11. The molecule has 7 heteroatoms. The average Bonchev–Trinajstić information content (AvgIpc) is 2.45. The predicted octanol–water partition coefficient (Wildman–Crippen LogP) is 3.85. The van der Waals surface area contributed by atoms with Crippen LogP contribution < -0.4 is 5.43 Å². The second-order valence-electron chi connectivity index (χ2n) is 5.38. The van der Waals surface area contributed by atoms with Gasteiger partial charge in [-0.3, -0.25) is 4.79 Å². The van der Waals surface area contributed by atoms with Crippen LogP contribution in [0.4, 0.5) is 13.2 Å². The van der Waals surface area contributed by atoms with E-state index in [9.17, 15) is 22.8 Å². The summed E-state index contributed by atoms with van der Waals surface area (Å²) in [6, 6.07) is 4.56. The molecule has 0 bridgehead atoms. The van der Waals surface area contributed by atoms with E-state index in [1.165, 1.54) is 19.1 Å². The van der Waals surface area contributed by atoms with Crippen molar-refractivity contribution in [2.75, 3.05) is 6.61 Å². The molecule has 0 aliphatic rings. The predicted molar refractivity (Wildman–Crippen MR) is 79.6 cm³/mol. The summed E-state index contributed by atoms with van der Waals surface area (Å²) in [7, 11) is 0. The Morgan fingerprint density at radius 1 is 1.30 bits per heavy atom. The van der Waals surface area contributed by atoms with E-state index >= 15 is 0 Å². The summed E-state index contributed by atoms with van der Waals surface area (Å²) in [6.07, 6.45) is -4.87. The Hall–Kier alpha value is -2.31. The van der Waals surface area contributed by atoms with E-state index in [2.05, 4.69) is 9.72 Å². The second kappa shape index (κ2) is 6.06. The van der Waals surface area contributed by atoms with Gasteiger partial charge in [0.15, 0.2) is 0 Å². The van der Waals surface area contributed by atoms with Crippen molar-refractivity contribution < 1.29 is 22.7 Å². The quantitative estimate of drug-likeness (QED) is 0.871. The molecular formula is C16H16F3NO3. The minimum atomic E-state index is -4.87. The van der Waals surface area contributed by atoms with Gasteiger partial charge in [0.2, 0.25) is 5.43 Å². The molecule has 1 N–H and O–H groups in total. The smallest absolute Gasteiger partial charge is 0.432 e. The van der Waals surface area contributed by atoms with Crippen LogP contribution in [0.15, 0.2) is 23.0 Å². The molecule has 1 aromatic heterocycles. The third kappa shape index (κ3) is 3.23. The van der Waals surface area contributed by atoms with Crippen molar-refractivity contribution in [3.63, 3.8) is 0 Å². The van der Waals surface area contributed by atoms with Gasteiger partial charge in [-0.05, 0) is 30.5 Å². The molecule has 0 saturated heterocycles. The van der Waals surface area contributed by atoms with Gasteiger partial charge in [0.05, 0.1) is 6.61 Å². The maximum Gasteiger partial charge on any atom is 0.432 e. The Labute approximate surface area is 130 Å². The van der Waals surface area contributed by atoms with Gasteiger partial charge < -0.3 is 9.72 Å². The highest BCUT2D eigenvalue weighted by Crippen LogP contribution is 2.31. The lowest BCUT2D eigenvalue weighted by Crippen LogP contribution is -2.26. The van der Waals surface area contributed by atoms with Gasteiger partial charge in [0.25, 0.3) is 0 Å². The molecule has 0 aliphatic heterocycles. The van der Waals surface area contributed by atoms with E-state index in [0.717, 1.165) is 5.56 Å². The molecule has 0 atom stereocenters. The monoisotopic (exact) mass is 327 g/mol. The number of hydrogen-bond acceptors (Lipinski definition) is 3. The molecule has 0 fully saturated rings. The molecule has 4 nitrogen and oxygen atoms in total. The lowest BCUT2D eigenvalue weighted by molar-refractivity contribution is -0.141. The summed E-state index contributed by atoms with van der Waals surface area (Å²) in [5.41, 5.74) is -2.55. The Kier molecular flexibility index (Phi) is 4.49. The van der Waals surface area contributed by atoms with Crippen molar-refractivity contribution in [1.82, 2.24) is 4.98 Å². The third-order valence-corrected chi connectivity index (χ3v) is 3.45. The molecule has 2 aromatic rings. The number of aromatic nitrogens is 1. The molecule has 0 saturated carbocycles. The van der Waals surface area contributed by atoms with Crippen molar-refractivity contribution in [2.45, 2.75) is 32.9 Å². The summed E-state index contributed by atoms with van der Waals surface area (Å²) < 4.78 is 44.2. The van der Waals surface area contributed by atoms with Crippen molar-refractivity contribution >= 4 is 16.9 Å². The zero-order valence-electron chi connectivity index (χ0n) is 12.9. The van der Waals surface area contributed by atoms with Crippen molar-refractivity contribution in [2.24, 2.45) is 0 Å². The second-order valence-corrected chi connectivity index (χ2v) is 5.38. The number of hydrogen-bond donors (Lipinski definition) is 1. The molecule has 2 rings (SSSR count). The highest BCUT2D eigenvalue weighted by atomic mass is 19.4. The van der Waals surface area contributed by atoms with Crippen LogP contribution >= 0.6 is 0 Å². The molecular weight excluding hydrogens is 311 g/mol. The number of esters is 1. The molecule has 0 spiro atoms. The summed E-state index contributed by atoms with van der Waals surface area (Å²) in [5.74, 6) is -1.19. The summed E-state index contributed by atoms with van der Waals surface area (Å²) in [4.78, 5) is 26.5. The fourth-order valence-corrected chi connectivity index (χ4v) is 2.27. The van der Waals surface area contributed by atoms with Crippen molar-refractivity contribution in [3.05, 3.63) is 45.2 Å². The van der Waals surface area contributed by atoms with Crippen LogP contribution in [0.5, 0.6) is 0 Å². The number of benzene rings is 1. The van der Waals surface area contributed by atoms with Crippen LogP contribution in [-0.2, 0) is 10.9 Å². The van der Waals surface area contributed by atoms with Crippen LogP contribution in [0.3, 0.4) is 0 Å². The zero-order valence-corrected chi connectivity index (χ0v) is 12.9. The highest BCUT2D eigenvalue weighted by Gasteiger charge is 2.39. The fourth-order valence-electron chi connectivity index (χ4n) is 2.27. The lowest BCUT2D eigenvalue weighted by Gasteiger charge is -2.14. The third-order valence-electron chi connectivity index (χ3n) is 3.45. The van der Waals surface area contributed by atoms with E-state index in [0.29, 0.717) is 0 Å². The number of rotatable bonds is 3. The average molecular weight is 327 g/mol. The van der Waals surface area contributed by atoms with Gasteiger partial charge >= 0.3 is 12.1 Å². The van der Waals surface area contributed by atoms with Gasteiger partial charge in [-0.2, -0.15) is 13.2 Å². The Balaban J connectivity index is 2.85. The van der Waals surface area contributed by atoms with Gasteiger partial charge in [-0.1, -0.05) is 19.9 Å². The zero-order chi connectivity index (χ0) is 17.4. The lowest BCUT2D eigenvalue weighted by atomic mass is 9.99. The number of ether oxygens (including phenoxy) is 1. The summed E-state index contributed by atoms with van der Waals surface area (Å²) in [6.45, 7) is 5.12. The molecule has 1 aromatic carbocycles. The van der Waals surface area contributed by atoms with Crippen LogP contribution in [0.2, 0.25) is 0 Å². The maximum atomic E-state index is 13.2. The molecule has 0 unspecified atom stereocenters. The number of carbonyl (C=O) groups excluding carboxylic acids is 1. The standard InChI is InChI=1S/C16H16F3NO3/c1-4-23-15(22)12-13(21)10-7-9(8(2)3)5-6-11(10)20-14(12)16(17,18)19/h5-8H,4H2,1-3H3,(H,20,21). The molecule has 124 valence electrons. The van der Waals surface area contributed by atoms with Gasteiger partial charge in [-0.15, -0.1) is 0 Å². The Morgan fingerprint density at radius 2 is 1.96 bits per heavy atom. The molecule has 0 radical (unpaired) electrons. The fraction of sp³-hybridized carbons (Fsp3) is 0.375. The van der Waals surface area contributed by atoms with Crippen LogP contribution in [0.1, 0.15) is 48.3 Å². The minimum absolute atomic E-state index is 0.0276. The van der Waals surface area contributed by atoms with E-state index in [1.807, 2.05) is 13.8 Å². The number of alkyl halides is 3. The van der Waals surface area contributed by atoms with E-state index in [4.69, 9.17) is 0 Å². The number of pyridine rings is 1. The maximum absolute atomic E-state index is 13.2. The highest BCUT2D eigenvalue weighted by molar-refractivity contribution is 5.95. The van der Waals surface area contributed by atoms with Gasteiger partial charge in [0.1, 0.15) is 11.3 Å². The van der Waals surface area contributed by atoms with Crippen LogP contribution in [0, 0.1) is 0 Å². The van der Waals surface area contributed by atoms with Gasteiger partial charge in [0, 0.05) is 10.9 Å². The Morgan fingerprint density at radius 3 is 2.48 bits per heavy atom. The molecule has 1 heterocycles. The van der Waals surface area contributed by atoms with E-state index < -0.39 is 28.8 Å². The minimum Gasteiger partial charge on any atom is -0.462 e. The topological polar surface area (TPSA) is 59.2 Å². The summed E-state index contributed by atoms with van der Waals surface area (Å²) >= 11 is 0. The normalized spacial score (nSPS) is 12.0. The largest absolute Gasteiger partial charge is 0.462 e. The van der Waals surface area contributed by atoms with Crippen molar-refractivity contribution in [1.29, 1.82) is 0 Å². The Bertz CT molecular complexity index is 807. The number of halogens is 3. The van der Waals surface area contributed by atoms with E-state index in [-0.39, 0.29) is 23.4 Å². The first kappa shape index (κ1) is 17.1. The number of H-pyrrole nitrogens is 1. The summed E-state index contributed by atoms with van der Waals surface area (Å²) in [5, 5.41) is 0.0345.